The summed E-state index contributed by atoms with van der Waals surface area (Å²) in [6, 6.07) is 13.1. The number of benzene rings is 2. The summed E-state index contributed by atoms with van der Waals surface area (Å²) in [5.41, 5.74) is 6.45. The van der Waals surface area contributed by atoms with E-state index in [1.165, 1.54) is 6.07 Å². The number of hydrogen-bond donors (Lipinski definition) is 2. The van der Waals surface area contributed by atoms with Crippen LogP contribution >= 0.6 is 23.2 Å². The Morgan fingerprint density at radius 2 is 1.77 bits per heavy atom. The van der Waals surface area contributed by atoms with Crippen LogP contribution in [0.25, 0.3) is 11.3 Å². The molecule has 0 fully saturated rings. The number of furan rings is 1. The second kappa shape index (κ2) is 7.11. The lowest BCUT2D eigenvalue weighted by molar-refractivity contribution is 0.432. The van der Waals surface area contributed by atoms with E-state index in [9.17, 15) is 13.5 Å². The molecule has 0 bridgehead atoms. The van der Waals surface area contributed by atoms with Gasteiger partial charge in [0.25, 0.3) is 0 Å². The second-order valence-corrected chi connectivity index (χ2v) is 7.70. The number of anilines is 1. The van der Waals surface area contributed by atoms with Crippen LogP contribution in [0.3, 0.4) is 0 Å². The molecule has 0 aliphatic rings. The molecular weight excluding hydrogens is 401 g/mol. The normalized spacial score (nSPS) is 11.5. The molecule has 0 unspecified atom stereocenters. The SMILES string of the molecule is Nc1oc(-c2cccc(Cl)c2Cl)c(O)c1OS(=O)(=O)Cc1ccccc1. The predicted octanol–water partition coefficient (Wildman–Crippen LogP) is 4.45. The zero-order chi connectivity index (χ0) is 18.9. The van der Waals surface area contributed by atoms with Crippen LogP contribution in [-0.2, 0) is 15.9 Å². The fourth-order valence-electron chi connectivity index (χ4n) is 2.30. The van der Waals surface area contributed by atoms with Gasteiger partial charge in [-0.2, -0.15) is 8.42 Å². The molecule has 9 heteroatoms. The molecule has 0 aliphatic carbocycles. The van der Waals surface area contributed by atoms with Crippen LogP contribution in [0, 0.1) is 0 Å². The number of nitrogen functional groups attached to an aromatic ring is 1. The van der Waals surface area contributed by atoms with Crippen molar-refractivity contribution in [2.45, 2.75) is 5.75 Å². The van der Waals surface area contributed by atoms with Gasteiger partial charge < -0.3 is 19.4 Å². The number of hydrogen-bond acceptors (Lipinski definition) is 6. The quantitative estimate of drug-likeness (QED) is 0.598. The van der Waals surface area contributed by atoms with Gasteiger partial charge in [-0.05, 0) is 17.7 Å². The largest absolute Gasteiger partial charge is 0.501 e. The number of rotatable bonds is 5. The zero-order valence-corrected chi connectivity index (χ0v) is 15.5. The van der Waals surface area contributed by atoms with Crippen molar-refractivity contribution in [2.75, 3.05) is 5.73 Å². The molecule has 0 aliphatic heterocycles. The van der Waals surface area contributed by atoms with E-state index in [2.05, 4.69) is 0 Å². The summed E-state index contributed by atoms with van der Waals surface area (Å²) >= 11 is 12.0. The Balaban J connectivity index is 1.95. The van der Waals surface area contributed by atoms with E-state index in [1.54, 1.807) is 42.5 Å². The smallest absolute Gasteiger partial charge is 0.313 e. The maximum atomic E-state index is 12.3. The van der Waals surface area contributed by atoms with Gasteiger partial charge in [0.15, 0.2) is 5.76 Å². The van der Waals surface area contributed by atoms with Crippen molar-refractivity contribution in [1.82, 2.24) is 0 Å². The monoisotopic (exact) mass is 413 g/mol. The topological polar surface area (TPSA) is 103 Å². The highest BCUT2D eigenvalue weighted by Gasteiger charge is 2.27. The molecule has 6 nitrogen and oxygen atoms in total. The van der Waals surface area contributed by atoms with Crippen LogP contribution in [-0.4, -0.2) is 13.5 Å². The molecule has 1 aromatic heterocycles. The lowest BCUT2D eigenvalue weighted by Gasteiger charge is -2.06. The van der Waals surface area contributed by atoms with Crippen molar-refractivity contribution in [3.05, 3.63) is 64.1 Å². The standard InChI is InChI=1S/C17H13Cl2NO5S/c18-12-8-4-7-11(13(12)19)15-14(21)16(17(20)24-15)25-26(22,23)9-10-5-2-1-3-6-10/h1-8,21H,9,20H2. The van der Waals surface area contributed by atoms with Crippen LogP contribution < -0.4 is 9.92 Å². The Kier molecular flexibility index (Phi) is 5.04. The minimum absolute atomic E-state index is 0.122. The fraction of sp³-hybridized carbons (Fsp3) is 0.0588. The van der Waals surface area contributed by atoms with Crippen molar-refractivity contribution >= 4 is 39.2 Å². The van der Waals surface area contributed by atoms with E-state index >= 15 is 0 Å². The van der Waals surface area contributed by atoms with Gasteiger partial charge in [0.05, 0.1) is 10.0 Å². The molecule has 3 N–H and O–H groups in total. The summed E-state index contributed by atoms with van der Waals surface area (Å²) in [5, 5.41) is 10.7. The molecule has 1 heterocycles. The van der Waals surface area contributed by atoms with Crippen LogP contribution in [0.1, 0.15) is 5.56 Å². The Morgan fingerprint density at radius 3 is 2.46 bits per heavy atom. The summed E-state index contributed by atoms with van der Waals surface area (Å²) in [5.74, 6) is -2.01. The minimum atomic E-state index is -4.08. The van der Waals surface area contributed by atoms with Crippen LogP contribution in [0.15, 0.2) is 52.9 Å². The average Bonchev–Trinajstić information content (AvgIpc) is 2.85. The lowest BCUT2D eigenvalue weighted by Crippen LogP contribution is -2.12. The van der Waals surface area contributed by atoms with Gasteiger partial charge in [-0.25, -0.2) is 0 Å². The third-order valence-electron chi connectivity index (χ3n) is 3.46. The van der Waals surface area contributed by atoms with Crippen molar-refractivity contribution in [3.63, 3.8) is 0 Å². The predicted molar refractivity (Wildman–Crippen MR) is 99.9 cm³/mol. The Hall–Kier alpha value is -2.35. The second-order valence-electron chi connectivity index (χ2n) is 5.35. The zero-order valence-electron chi connectivity index (χ0n) is 13.1. The van der Waals surface area contributed by atoms with Crippen LogP contribution in [0.5, 0.6) is 11.5 Å². The number of nitrogens with two attached hydrogens (primary N) is 1. The highest BCUT2D eigenvalue weighted by Crippen LogP contribution is 2.48. The number of halogens is 2. The first-order chi connectivity index (χ1) is 12.3. The highest BCUT2D eigenvalue weighted by molar-refractivity contribution is 7.86. The fourth-order valence-corrected chi connectivity index (χ4v) is 3.76. The molecule has 0 spiro atoms. The van der Waals surface area contributed by atoms with E-state index in [4.69, 9.17) is 37.5 Å². The maximum Gasteiger partial charge on any atom is 0.313 e. The van der Waals surface area contributed by atoms with Crippen molar-refractivity contribution in [3.8, 4) is 22.8 Å². The van der Waals surface area contributed by atoms with Crippen molar-refractivity contribution in [1.29, 1.82) is 0 Å². The van der Waals surface area contributed by atoms with Crippen LogP contribution in [0.4, 0.5) is 5.88 Å². The van der Waals surface area contributed by atoms with Gasteiger partial charge in [-0.15, -0.1) is 0 Å². The number of aromatic hydroxyl groups is 1. The summed E-state index contributed by atoms with van der Waals surface area (Å²) in [4.78, 5) is 0. The lowest BCUT2D eigenvalue weighted by atomic mass is 10.1. The average molecular weight is 414 g/mol. The van der Waals surface area contributed by atoms with Crippen LogP contribution in [0.2, 0.25) is 10.0 Å². The van der Waals surface area contributed by atoms with Gasteiger partial charge in [0.1, 0.15) is 5.75 Å². The third kappa shape index (κ3) is 3.75. The van der Waals surface area contributed by atoms with Gasteiger partial charge in [-0.1, -0.05) is 59.6 Å². The molecule has 2 aromatic carbocycles. The Morgan fingerprint density at radius 1 is 1.08 bits per heavy atom. The molecule has 26 heavy (non-hydrogen) atoms. The first kappa shape index (κ1) is 18.4. The first-order valence-electron chi connectivity index (χ1n) is 7.30. The Bertz CT molecular complexity index is 1050. The molecule has 136 valence electrons. The summed E-state index contributed by atoms with van der Waals surface area (Å²) in [7, 11) is -4.08. The molecule has 0 atom stereocenters. The molecule has 3 rings (SSSR count). The summed E-state index contributed by atoms with van der Waals surface area (Å²) in [6.45, 7) is 0. The molecule has 0 saturated heterocycles. The molecular formula is C17H13Cl2NO5S. The van der Waals surface area contributed by atoms with Crippen molar-refractivity contribution < 1.29 is 22.1 Å². The Labute approximate surface area is 159 Å². The van der Waals surface area contributed by atoms with E-state index in [1.807, 2.05) is 0 Å². The van der Waals surface area contributed by atoms with Gasteiger partial charge in [-0.3, -0.25) is 0 Å². The molecule has 3 aromatic rings. The molecule has 0 amide bonds. The van der Waals surface area contributed by atoms with Gasteiger partial charge in [0, 0.05) is 5.56 Å². The molecule has 0 radical (unpaired) electrons. The van der Waals surface area contributed by atoms with E-state index in [-0.39, 0.29) is 21.4 Å². The third-order valence-corrected chi connectivity index (χ3v) is 5.39. The van der Waals surface area contributed by atoms with E-state index in [0.717, 1.165) is 0 Å². The van der Waals surface area contributed by atoms with Gasteiger partial charge in [0.2, 0.25) is 17.4 Å². The van der Waals surface area contributed by atoms with E-state index < -0.39 is 33.3 Å². The first-order valence-corrected chi connectivity index (χ1v) is 9.63. The summed E-state index contributed by atoms with van der Waals surface area (Å²) < 4.78 is 34.8. The highest BCUT2D eigenvalue weighted by atomic mass is 35.5. The van der Waals surface area contributed by atoms with Crippen molar-refractivity contribution in [2.24, 2.45) is 0 Å². The summed E-state index contributed by atoms with van der Waals surface area (Å²) in [6.07, 6.45) is 0. The van der Waals surface area contributed by atoms with Gasteiger partial charge >= 0.3 is 10.1 Å². The molecule has 0 saturated carbocycles. The minimum Gasteiger partial charge on any atom is -0.501 e. The maximum absolute atomic E-state index is 12.3. The van der Waals surface area contributed by atoms with E-state index in [0.29, 0.717) is 5.56 Å².